The van der Waals surface area contributed by atoms with Crippen LogP contribution in [0.1, 0.15) is 11.1 Å². The van der Waals surface area contributed by atoms with E-state index in [-0.39, 0.29) is 0 Å². The second-order valence-electron chi connectivity index (χ2n) is 5.42. The Labute approximate surface area is 147 Å². The number of aromatic nitrogens is 1. The minimum absolute atomic E-state index is 0.589. The van der Waals surface area contributed by atoms with Gasteiger partial charge in [-0.1, -0.05) is 18.2 Å². The smallest absolute Gasteiger partial charge is 0.161 e. The summed E-state index contributed by atoms with van der Waals surface area (Å²) in [6.07, 6.45) is 5.81. The van der Waals surface area contributed by atoms with Crippen LogP contribution < -0.4 is 9.47 Å². The molecule has 25 heavy (non-hydrogen) atoms. The van der Waals surface area contributed by atoms with Crippen molar-refractivity contribution in [3.8, 4) is 23.3 Å². The van der Waals surface area contributed by atoms with Gasteiger partial charge in [-0.2, -0.15) is 5.26 Å². The molecule has 124 valence electrons. The summed E-state index contributed by atoms with van der Waals surface area (Å²) in [5.74, 6) is 1.30. The fraction of sp³-hybridized carbons (Fsp3) is 0.0952. The van der Waals surface area contributed by atoms with Gasteiger partial charge in [-0.3, -0.25) is 0 Å². The summed E-state index contributed by atoms with van der Waals surface area (Å²) in [6, 6.07) is 19.7. The van der Waals surface area contributed by atoms with Crippen LogP contribution in [0.5, 0.6) is 11.5 Å². The molecular weight excluding hydrogens is 312 g/mol. The first kappa shape index (κ1) is 16.4. The van der Waals surface area contributed by atoms with E-state index in [1.54, 1.807) is 14.2 Å². The van der Waals surface area contributed by atoms with Gasteiger partial charge in [-0.15, -0.1) is 0 Å². The van der Waals surface area contributed by atoms with E-state index in [0.29, 0.717) is 17.1 Å². The quantitative estimate of drug-likeness (QED) is 0.509. The van der Waals surface area contributed by atoms with Crippen molar-refractivity contribution in [3.63, 3.8) is 0 Å². The number of methoxy groups -OCH3 is 2. The zero-order valence-electron chi connectivity index (χ0n) is 14.1. The molecule has 4 nitrogen and oxygen atoms in total. The summed E-state index contributed by atoms with van der Waals surface area (Å²) < 4.78 is 12.6. The van der Waals surface area contributed by atoms with Crippen LogP contribution in [0.2, 0.25) is 0 Å². The fourth-order valence-corrected chi connectivity index (χ4v) is 2.61. The third kappa shape index (κ3) is 3.56. The molecule has 0 amide bonds. The predicted octanol–water partition coefficient (Wildman–Crippen LogP) is 4.56. The number of ether oxygens (including phenoxy) is 2. The molecule has 0 aliphatic heterocycles. The fourth-order valence-electron chi connectivity index (χ4n) is 2.61. The number of allylic oxidation sites excluding steroid dienone is 1. The Hall–Kier alpha value is -3.45. The Kier molecular flexibility index (Phi) is 4.87. The molecule has 0 atom stereocenters. The first-order valence-electron chi connectivity index (χ1n) is 7.83. The second kappa shape index (κ2) is 7.41. The van der Waals surface area contributed by atoms with Crippen molar-refractivity contribution in [3.05, 3.63) is 78.1 Å². The highest BCUT2D eigenvalue weighted by Gasteiger charge is 2.06. The van der Waals surface area contributed by atoms with Crippen LogP contribution in [0, 0.1) is 11.3 Å². The van der Waals surface area contributed by atoms with Gasteiger partial charge in [-0.05, 0) is 53.6 Å². The number of rotatable bonds is 5. The Balaban J connectivity index is 1.92. The first-order chi connectivity index (χ1) is 12.2. The molecule has 2 aromatic carbocycles. The second-order valence-corrected chi connectivity index (χ2v) is 5.42. The molecule has 1 heterocycles. The Morgan fingerprint density at radius 2 is 1.64 bits per heavy atom. The number of nitrogens with zero attached hydrogens (tertiary/aromatic N) is 2. The van der Waals surface area contributed by atoms with Crippen LogP contribution in [0.3, 0.4) is 0 Å². The lowest BCUT2D eigenvalue weighted by molar-refractivity contribution is 0.355. The van der Waals surface area contributed by atoms with E-state index in [4.69, 9.17) is 9.47 Å². The number of hydrogen-bond acceptors (Lipinski definition) is 3. The zero-order valence-corrected chi connectivity index (χ0v) is 14.1. The van der Waals surface area contributed by atoms with E-state index in [0.717, 1.165) is 16.8 Å². The van der Waals surface area contributed by atoms with E-state index in [9.17, 15) is 5.26 Å². The summed E-state index contributed by atoms with van der Waals surface area (Å²) in [7, 11) is 3.19. The van der Waals surface area contributed by atoms with Gasteiger partial charge < -0.3 is 14.0 Å². The Morgan fingerprint density at radius 3 is 2.24 bits per heavy atom. The van der Waals surface area contributed by atoms with E-state index in [1.165, 1.54) is 0 Å². The topological polar surface area (TPSA) is 47.2 Å². The number of hydrogen-bond donors (Lipinski definition) is 0. The van der Waals surface area contributed by atoms with Crippen molar-refractivity contribution in [2.45, 2.75) is 0 Å². The summed E-state index contributed by atoms with van der Waals surface area (Å²) in [6.45, 7) is 0. The lowest BCUT2D eigenvalue weighted by atomic mass is 10.0. The van der Waals surface area contributed by atoms with Crippen LogP contribution in [0.15, 0.2) is 67.0 Å². The van der Waals surface area contributed by atoms with Gasteiger partial charge in [0.2, 0.25) is 0 Å². The van der Waals surface area contributed by atoms with Crippen LogP contribution >= 0.6 is 0 Å². The van der Waals surface area contributed by atoms with Crippen molar-refractivity contribution in [2.24, 2.45) is 0 Å². The standard InChI is InChI=1S/C21H18N2O2/c1-24-20-10-5-16(14-21(20)25-2)13-18(15-22)17-6-8-19(9-7-17)23-11-3-4-12-23/h3-14H,1-2H3/b18-13-. The molecule has 0 saturated heterocycles. The van der Waals surface area contributed by atoms with E-state index in [1.807, 2.05) is 77.6 Å². The minimum atomic E-state index is 0.589. The Bertz CT molecular complexity index is 918. The lowest BCUT2D eigenvalue weighted by Gasteiger charge is -2.08. The molecule has 0 saturated carbocycles. The highest BCUT2D eigenvalue weighted by molar-refractivity contribution is 5.90. The maximum atomic E-state index is 9.54. The van der Waals surface area contributed by atoms with Crippen LogP contribution in [0.4, 0.5) is 0 Å². The van der Waals surface area contributed by atoms with Crippen LogP contribution in [-0.4, -0.2) is 18.8 Å². The summed E-state index contributed by atoms with van der Waals surface area (Å²) in [5, 5.41) is 9.54. The highest BCUT2D eigenvalue weighted by Crippen LogP contribution is 2.29. The largest absolute Gasteiger partial charge is 0.493 e. The van der Waals surface area contributed by atoms with E-state index in [2.05, 4.69) is 6.07 Å². The molecule has 3 rings (SSSR count). The van der Waals surface area contributed by atoms with Crippen molar-refractivity contribution >= 4 is 11.6 Å². The summed E-state index contributed by atoms with van der Waals surface area (Å²) in [4.78, 5) is 0. The van der Waals surface area contributed by atoms with E-state index >= 15 is 0 Å². The zero-order chi connectivity index (χ0) is 17.6. The molecule has 0 fully saturated rings. The summed E-state index contributed by atoms with van der Waals surface area (Å²) in [5.41, 5.74) is 3.39. The molecular formula is C21H18N2O2. The van der Waals surface area contributed by atoms with Gasteiger partial charge in [0.15, 0.2) is 11.5 Å². The molecule has 3 aromatic rings. The molecule has 0 aliphatic carbocycles. The third-order valence-electron chi connectivity index (χ3n) is 3.92. The van der Waals surface area contributed by atoms with Crippen molar-refractivity contribution in [2.75, 3.05) is 14.2 Å². The maximum absolute atomic E-state index is 9.54. The lowest BCUT2D eigenvalue weighted by Crippen LogP contribution is -1.91. The number of benzene rings is 2. The SMILES string of the molecule is COc1ccc(/C=C(/C#N)c2ccc(-n3cccc3)cc2)cc1OC. The third-order valence-corrected chi connectivity index (χ3v) is 3.92. The monoisotopic (exact) mass is 330 g/mol. The van der Waals surface area contributed by atoms with Crippen molar-refractivity contribution < 1.29 is 9.47 Å². The maximum Gasteiger partial charge on any atom is 0.161 e. The molecule has 0 N–H and O–H groups in total. The highest BCUT2D eigenvalue weighted by atomic mass is 16.5. The van der Waals surface area contributed by atoms with Crippen LogP contribution in [0.25, 0.3) is 17.3 Å². The molecule has 4 heteroatoms. The predicted molar refractivity (Wildman–Crippen MR) is 98.8 cm³/mol. The first-order valence-corrected chi connectivity index (χ1v) is 7.83. The van der Waals surface area contributed by atoms with Gasteiger partial charge in [0.25, 0.3) is 0 Å². The average Bonchev–Trinajstić information content (AvgIpc) is 3.21. The summed E-state index contributed by atoms with van der Waals surface area (Å²) >= 11 is 0. The Morgan fingerprint density at radius 1 is 0.960 bits per heavy atom. The van der Waals surface area contributed by atoms with Crippen molar-refractivity contribution in [1.82, 2.24) is 4.57 Å². The van der Waals surface area contributed by atoms with Crippen molar-refractivity contribution in [1.29, 1.82) is 5.26 Å². The van der Waals surface area contributed by atoms with Gasteiger partial charge >= 0.3 is 0 Å². The normalized spacial score (nSPS) is 11.0. The van der Waals surface area contributed by atoms with Gasteiger partial charge in [0.1, 0.15) is 0 Å². The van der Waals surface area contributed by atoms with E-state index < -0.39 is 0 Å². The molecule has 0 bridgehead atoms. The van der Waals surface area contributed by atoms with Gasteiger partial charge in [0, 0.05) is 18.1 Å². The van der Waals surface area contributed by atoms with Gasteiger partial charge in [0.05, 0.1) is 25.9 Å². The molecule has 1 aromatic heterocycles. The molecule has 0 aliphatic rings. The van der Waals surface area contributed by atoms with Crippen LogP contribution in [-0.2, 0) is 0 Å². The van der Waals surface area contributed by atoms with Gasteiger partial charge in [-0.25, -0.2) is 0 Å². The number of nitriles is 1. The minimum Gasteiger partial charge on any atom is -0.493 e. The average molecular weight is 330 g/mol. The molecule has 0 radical (unpaired) electrons. The molecule has 0 unspecified atom stereocenters. The molecule has 0 spiro atoms.